The van der Waals surface area contributed by atoms with E-state index in [1.807, 2.05) is 6.08 Å². The highest BCUT2D eigenvalue weighted by molar-refractivity contribution is 5.91. The lowest BCUT2D eigenvalue weighted by molar-refractivity contribution is -0.116. The second kappa shape index (κ2) is 5.73. The van der Waals surface area contributed by atoms with Crippen LogP contribution < -0.4 is 0 Å². The van der Waals surface area contributed by atoms with Crippen molar-refractivity contribution in [3.63, 3.8) is 0 Å². The van der Waals surface area contributed by atoms with Crippen molar-refractivity contribution >= 4 is 5.78 Å². The van der Waals surface area contributed by atoms with E-state index in [1.54, 1.807) is 0 Å². The van der Waals surface area contributed by atoms with Crippen LogP contribution >= 0.6 is 0 Å². The van der Waals surface area contributed by atoms with Gasteiger partial charge in [0.1, 0.15) is 5.60 Å². The van der Waals surface area contributed by atoms with Crippen LogP contribution in [0.5, 0.6) is 0 Å². The van der Waals surface area contributed by atoms with E-state index in [0.717, 1.165) is 56.8 Å². The maximum atomic E-state index is 11.8. The van der Waals surface area contributed by atoms with Gasteiger partial charge in [0.25, 0.3) is 0 Å². The molecule has 3 saturated carbocycles. The van der Waals surface area contributed by atoms with Crippen LogP contribution in [0.4, 0.5) is 0 Å². The van der Waals surface area contributed by atoms with Crippen molar-refractivity contribution in [3.8, 4) is 11.8 Å². The standard InChI is InChI=1S/C22H30O2/c1-3-4-11-22(24)13-10-20-19-7-5-15-14-16(23)6-8-17(15)18(19)9-12-21(20,22)2/h14,17-20,24H,3,5-10,12-13H2,1-2H3/t17-,18-,19+,20+,21-,22+/m0/s1. The SMILES string of the molecule is CCC#C[C@@]1(O)CC[C@@H]2[C@@H]3CCC4=CC(=O)CC[C@@H]4[C@@H]3CC[C@@]21C. The molecule has 0 radical (unpaired) electrons. The van der Waals surface area contributed by atoms with Gasteiger partial charge >= 0.3 is 0 Å². The number of carbonyl (C=O) groups is 1. The molecule has 3 fully saturated rings. The number of carbonyl (C=O) groups excluding carboxylic acids is 1. The van der Waals surface area contributed by atoms with Crippen molar-refractivity contribution in [2.45, 2.75) is 77.2 Å². The predicted molar refractivity (Wildman–Crippen MR) is 95.1 cm³/mol. The third kappa shape index (κ3) is 2.24. The molecule has 130 valence electrons. The van der Waals surface area contributed by atoms with Gasteiger partial charge in [-0.1, -0.05) is 25.3 Å². The largest absolute Gasteiger partial charge is 0.377 e. The fourth-order valence-electron chi connectivity index (χ4n) is 6.64. The summed E-state index contributed by atoms with van der Waals surface area (Å²) < 4.78 is 0. The highest BCUT2D eigenvalue weighted by Gasteiger charge is 2.61. The van der Waals surface area contributed by atoms with Crippen LogP contribution in [-0.2, 0) is 4.79 Å². The molecule has 4 rings (SSSR count). The Morgan fingerprint density at radius 3 is 2.79 bits per heavy atom. The fourth-order valence-corrected chi connectivity index (χ4v) is 6.64. The van der Waals surface area contributed by atoms with Crippen molar-refractivity contribution in [1.29, 1.82) is 0 Å². The number of allylic oxidation sites excluding steroid dienone is 1. The molecule has 4 aliphatic rings. The maximum Gasteiger partial charge on any atom is 0.155 e. The molecule has 0 aromatic heterocycles. The maximum absolute atomic E-state index is 11.8. The number of aliphatic hydroxyl groups is 1. The summed E-state index contributed by atoms with van der Waals surface area (Å²) in [6.07, 6.45) is 11.2. The molecular formula is C22H30O2. The predicted octanol–water partition coefficient (Wildman–Crippen LogP) is 4.27. The molecule has 2 heteroatoms. The van der Waals surface area contributed by atoms with Gasteiger partial charge in [0.2, 0.25) is 0 Å². The van der Waals surface area contributed by atoms with E-state index in [-0.39, 0.29) is 5.41 Å². The lowest BCUT2D eigenvalue weighted by atomic mass is 9.50. The topological polar surface area (TPSA) is 37.3 Å². The summed E-state index contributed by atoms with van der Waals surface area (Å²) in [5.41, 5.74) is 0.620. The Kier molecular flexibility index (Phi) is 3.92. The summed E-state index contributed by atoms with van der Waals surface area (Å²) >= 11 is 0. The van der Waals surface area contributed by atoms with Crippen LogP contribution in [0.15, 0.2) is 11.6 Å². The van der Waals surface area contributed by atoms with E-state index in [9.17, 15) is 9.90 Å². The summed E-state index contributed by atoms with van der Waals surface area (Å²) in [5, 5.41) is 11.3. The Morgan fingerprint density at radius 1 is 1.17 bits per heavy atom. The molecule has 6 atom stereocenters. The number of fused-ring (bicyclic) bond motifs is 5. The van der Waals surface area contributed by atoms with Gasteiger partial charge in [0.15, 0.2) is 5.78 Å². The van der Waals surface area contributed by atoms with E-state index in [1.165, 1.54) is 18.4 Å². The molecule has 0 spiro atoms. The molecule has 0 heterocycles. The Balaban J connectivity index is 1.62. The second-order valence-corrected chi connectivity index (χ2v) is 8.81. The molecule has 0 bridgehead atoms. The normalized spacial score (nSPS) is 47.0. The van der Waals surface area contributed by atoms with Crippen molar-refractivity contribution in [2.24, 2.45) is 29.1 Å². The van der Waals surface area contributed by atoms with Crippen molar-refractivity contribution in [2.75, 3.05) is 0 Å². The molecule has 0 aromatic carbocycles. The average molecular weight is 326 g/mol. The Morgan fingerprint density at radius 2 is 2.00 bits per heavy atom. The first-order valence-electron chi connectivity index (χ1n) is 9.94. The Labute approximate surface area is 146 Å². The highest BCUT2D eigenvalue weighted by atomic mass is 16.3. The fraction of sp³-hybridized carbons (Fsp3) is 0.773. The minimum Gasteiger partial charge on any atom is -0.377 e. The Hall–Kier alpha value is -1.07. The summed E-state index contributed by atoms with van der Waals surface area (Å²) in [4.78, 5) is 11.8. The van der Waals surface area contributed by atoms with Crippen molar-refractivity contribution < 1.29 is 9.90 Å². The number of hydrogen-bond donors (Lipinski definition) is 1. The van der Waals surface area contributed by atoms with E-state index < -0.39 is 5.60 Å². The lowest BCUT2D eigenvalue weighted by Crippen LogP contribution is -2.52. The third-order valence-corrected chi connectivity index (χ3v) is 7.92. The van der Waals surface area contributed by atoms with Gasteiger partial charge in [0, 0.05) is 18.3 Å². The lowest BCUT2D eigenvalue weighted by Gasteiger charge is -2.54. The zero-order chi connectivity index (χ0) is 16.9. The molecule has 1 N–H and O–H groups in total. The van der Waals surface area contributed by atoms with Gasteiger partial charge in [-0.2, -0.15) is 0 Å². The molecule has 0 aromatic rings. The van der Waals surface area contributed by atoms with E-state index >= 15 is 0 Å². The second-order valence-electron chi connectivity index (χ2n) is 8.81. The van der Waals surface area contributed by atoms with Crippen LogP contribution in [0.2, 0.25) is 0 Å². The Bertz CT molecular complexity index is 636. The van der Waals surface area contributed by atoms with Crippen LogP contribution in [0.25, 0.3) is 0 Å². The number of rotatable bonds is 0. The molecule has 0 amide bonds. The first-order chi connectivity index (χ1) is 11.5. The van der Waals surface area contributed by atoms with Gasteiger partial charge in [-0.25, -0.2) is 0 Å². The van der Waals surface area contributed by atoms with Gasteiger partial charge in [0.05, 0.1) is 0 Å². The summed E-state index contributed by atoms with van der Waals surface area (Å²) in [7, 11) is 0. The van der Waals surface area contributed by atoms with Gasteiger partial charge in [-0.05, 0) is 74.7 Å². The number of hydrogen-bond acceptors (Lipinski definition) is 2. The van der Waals surface area contributed by atoms with Crippen LogP contribution in [0.1, 0.15) is 71.6 Å². The quantitative estimate of drug-likeness (QED) is 0.675. The molecular weight excluding hydrogens is 296 g/mol. The minimum atomic E-state index is -0.780. The first-order valence-corrected chi connectivity index (χ1v) is 9.94. The minimum absolute atomic E-state index is 0.0396. The first kappa shape index (κ1) is 16.4. The van der Waals surface area contributed by atoms with E-state index in [0.29, 0.717) is 17.6 Å². The van der Waals surface area contributed by atoms with Crippen LogP contribution in [0, 0.1) is 40.9 Å². The van der Waals surface area contributed by atoms with E-state index in [2.05, 4.69) is 25.7 Å². The van der Waals surface area contributed by atoms with Gasteiger partial charge < -0.3 is 5.11 Å². The zero-order valence-electron chi connectivity index (χ0n) is 15.1. The van der Waals surface area contributed by atoms with Crippen LogP contribution in [-0.4, -0.2) is 16.5 Å². The molecule has 24 heavy (non-hydrogen) atoms. The summed E-state index contributed by atoms with van der Waals surface area (Å²) in [6, 6.07) is 0. The monoisotopic (exact) mass is 326 g/mol. The molecule has 0 unspecified atom stereocenters. The smallest absolute Gasteiger partial charge is 0.155 e. The highest BCUT2D eigenvalue weighted by Crippen LogP contribution is 2.64. The average Bonchev–Trinajstić information content (AvgIpc) is 2.84. The molecule has 4 aliphatic carbocycles. The van der Waals surface area contributed by atoms with Crippen molar-refractivity contribution in [1.82, 2.24) is 0 Å². The third-order valence-electron chi connectivity index (χ3n) is 7.92. The van der Waals surface area contributed by atoms with Gasteiger partial charge in [-0.3, -0.25) is 4.79 Å². The van der Waals surface area contributed by atoms with Gasteiger partial charge in [-0.15, -0.1) is 5.92 Å². The molecule has 0 aliphatic heterocycles. The van der Waals surface area contributed by atoms with E-state index in [4.69, 9.17) is 0 Å². The van der Waals surface area contributed by atoms with Crippen LogP contribution in [0.3, 0.4) is 0 Å². The molecule has 2 nitrogen and oxygen atoms in total. The zero-order valence-corrected chi connectivity index (χ0v) is 15.1. The molecule has 0 saturated heterocycles. The van der Waals surface area contributed by atoms with Crippen molar-refractivity contribution in [3.05, 3.63) is 11.6 Å². The summed E-state index contributed by atoms with van der Waals surface area (Å²) in [5.74, 6) is 9.45. The number of ketones is 1. The summed E-state index contributed by atoms with van der Waals surface area (Å²) in [6.45, 7) is 4.36.